The quantitative estimate of drug-likeness (QED) is 0.583. The summed E-state index contributed by atoms with van der Waals surface area (Å²) < 4.78 is 5.29. The van der Waals surface area contributed by atoms with Crippen LogP contribution in [-0.2, 0) is 16.0 Å². The van der Waals surface area contributed by atoms with Crippen molar-refractivity contribution in [3.05, 3.63) is 33.9 Å². The van der Waals surface area contributed by atoms with Crippen molar-refractivity contribution in [1.82, 2.24) is 0 Å². The Labute approximate surface area is 103 Å². The minimum Gasteiger partial charge on any atom is -0.379 e. The molecule has 1 atom stereocenters. The number of carbonyl (C=O) groups is 1. The molecule has 1 aromatic rings. The lowest BCUT2D eigenvalue weighted by Crippen LogP contribution is -2.38. The maximum atomic E-state index is 12.0. The number of nitrogens with zero attached hydrogens (tertiary/aromatic N) is 2. The fraction of sp³-hybridized carbons (Fsp3) is 0.417. The minimum atomic E-state index is -0.438. The smallest absolute Gasteiger partial charge is 0.269 e. The molecule has 6 heteroatoms. The molecule has 6 nitrogen and oxygen atoms in total. The van der Waals surface area contributed by atoms with Crippen molar-refractivity contribution >= 4 is 17.3 Å². The summed E-state index contributed by atoms with van der Waals surface area (Å²) in [6.45, 7) is 1.21. The predicted octanol–water partition coefficient (Wildman–Crippen LogP) is 1.27. The number of rotatable bonds is 2. The Morgan fingerprint density at radius 1 is 1.44 bits per heavy atom. The summed E-state index contributed by atoms with van der Waals surface area (Å²) in [7, 11) is 0. The highest BCUT2D eigenvalue weighted by molar-refractivity contribution is 6.02. The van der Waals surface area contributed by atoms with Gasteiger partial charge in [-0.2, -0.15) is 0 Å². The molecule has 94 valence electrons. The van der Waals surface area contributed by atoms with Gasteiger partial charge in [-0.25, -0.2) is 0 Å². The van der Waals surface area contributed by atoms with Crippen LogP contribution in [-0.4, -0.2) is 30.1 Å². The van der Waals surface area contributed by atoms with Gasteiger partial charge in [-0.15, -0.1) is 0 Å². The standard InChI is InChI=1S/C12H12N2O4/c15-12-6-8-5-9(14(16)17)1-2-11(8)13(12)10-3-4-18-7-10/h1-2,5,10H,3-4,6-7H2. The fourth-order valence-electron chi connectivity index (χ4n) is 2.57. The SMILES string of the molecule is O=C1Cc2cc([N+](=O)[O-])ccc2N1C1CCOC1. The second-order valence-corrected chi connectivity index (χ2v) is 4.53. The first kappa shape index (κ1) is 11.2. The van der Waals surface area contributed by atoms with E-state index in [2.05, 4.69) is 0 Å². The van der Waals surface area contributed by atoms with Gasteiger partial charge in [0.2, 0.25) is 5.91 Å². The van der Waals surface area contributed by atoms with Gasteiger partial charge in [0.25, 0.3) is 5.69 Å². The third-order valence-corrected chi connectivity index (χ3v) is 3.41. The molecule has 0 radical (unpaired) electrons. The zero-order valence-corrected chi connectivity index (χ0v) is 9.67. The van der Waals surface area contributed by atoms with Crippen LogP contribution in [0.25, 0.3) is 0 Å². The summed E-state index contributed by atoms with van der Waals surface area (Å²) in [6, 6.07) is 4.67. The molecule has 0 spiro atoms. The predicted molar refractivity (Wildman–Crippen MR) is 63.5 cm³/mol. The van der Waals surface area contributed by atoms with Crippen molar-refractivity contribution in [3.63, 3.8) is 0 Å². The maximum absolute atomic E-state index is 12.0. The number of nitro benzene ring substituents is 1. The summed E-state index contributed by atoms with van der Waals surface area (Å²) in [5, 5.41) is 10.7. The van der Waals surface area contributed by atoms with Crippen molar-refractivity contribution < 1.29 is 14.5 Å². The summed E-state index contributed by atoms with van der Waals surface area (Å²) in [6.07, 6.45) is 1.07. The molecule has 0 N–H and O–H groups in total. The molecule has 3 rings (SSSR count). The first-order valence-electron chi connectivity index (χ1n) is 5.84. The van der Waals surface area contributed by atoms with Crippen LogP contribution in [0.5, 0.6) is 0 Å². The van der Waals surface area contributed by atoms with Crippen molar-refractivity contribution in [2.45, 2.75) is 18.9 Å². The monoisotopic (exact) mass is 248 g/mol. The van der Waals surface area contributed by atoms with Crippen LogP contribution in [0.2, 0.25) is 0 Å². The van der Waals surface area contributed by atoms with E-state index in [1.165, 1.54) is 12.1 Å². The number of hydrogen-bond donors (Lipinski definition) is 0. The van der Waals surface area contributed by atoms with Crippen LogP contribution in [0, 0.1) is 10.1 Å². The highest BCUT2D eigenvalue weighted by atomic mass is 16.6. The van der Waals surface area contributed by atoms with Gasteiger partial charge in [-0.05, 0) is 18.1 Å². The number of anilines is 1. The molecule has 2 heterocycles. The normalized spacial score (nSPS) is 22.3. The molecule has 0 aromatic heterocycles. The van der Waals surface area contributed by atoms with Crippen LogP contribution in [0.1, 0.15) is 12.0 Å². The first-order valence-corrected chi connectivity index (χ1v) is 5.84. The van der Waals surface area contributed by atoms with Gasteiger partial charge in [0.1, 0.15) is 0 Å². The second-order valence-electron chi connectivity index (χ2n) is 4.53. The Hall–Kier alpha value is -1.95. The average Bonchev–Trinajstić information content (AvgIpc) is 2.93. The van der Waals surface area contributed by atoms with Crippen molar-refractivity contribution in [2.24, 2.45) is 0 Å². The van der Waals surface area contributed by atoms with E-state index in [1.807, 2.05) is 0 Å². The molecule has 18 heavy (non-hydrogen) atoms. The lowest BCUT2D eigenvalue weighted by molar-refractivity contribution is -0.384. The van der Waals surface area contributed by atoms with Crippen LogP contribution >= 0.6 is 0 Å². The lowest BCUT2D eigenvalue weighted by Gasteiger charge is -2.23. The van der Waals surface area contributed by atoms with Crippen molar-refractivity contribution in [2.75, 3.05) is 18.1 Å². The van der Waals surface area contributed by atoms with Gasteiger partial charge >= 0.3 is 0 Å². The van der Waals surface area contributed by atoms with Gasteiger partial charge in [0.15, 0.2) is 0 Å². The molecule has 0 bridgehead atoms. The van der Waals surface area contributed by atoms with Gasteiger partial charge in [-0.3, -0.25) is 14.9 Å². The Bertz CT molecular complexity index is 523. The van der Waals surface area contributed by atoms with E-state index < -0.39 is 4.92 Å². The molecule has 0 saturated carbocycles. The maximum Gasteiger partial charge on any atom is 0.269 e. The summed E-state index contributed by atoms with van der Waals surface area (Å²) >= 11 is 0. The second kappa shape index (κ2) is 4.06. The third kappa shape index (κ3) is 1.65. The third-order valence-electron chi connectivity index (χ3n) is 3.41. The Morgan fingerprint density at radius 2 is 2.28 bits per heavy atom. The highest BCUT2D eigenvalue weighted by Crippen LogP contribution is 2.34. The van der Waals surface area contributed by atoms with Crippen LogP contribution in [0.4, 0.5) is 11.4 Å². The first-order chi connectivity index (χ1) is 8.66. The van der Waals surface area contributed by atoms with Crippen LogP contribution in [0.3, 0.4) is 0 Å². The molecule has 2 aliphatic rings. The van der Waals surface area contributed by atoms with Gasteiger partial charge < -0.3 is 9.64 Å². The Kier molecular flexibility index (Phi) is 2.52. The van der Waals surface area contributed by atoms with Gasteiger partial charge in [0, 0.05) is 24.4 Å². The zero-order valence-electron chi connectivity index (χ0n) is 9.67. The lowest BCUT2D eigenvalue weighted by atomic mass is 10.1. The van der Waals surface area contributed by atoms with E-state index >= 15 is 0 Å². The molecule has 1 amide bonds. The number of hydrogen-bond acceptors (Lipinski definition) is 4. The molecular formula is C12H12N2O4. The van der Waals surface area contributed by atoms with Crippen LogP contribution < -0.4 is 4.90 Å². The number of amides is 1. The Morgan fingerprint density at radius 3 is 2.94 bits per heavy atom. The van der Waals surface area contributed by atoms with Crippen molar-refractivity contribution in [3.8, 4) is 0 Å². The topological polar surface area (TPSA) is 72.7 Å². The molecule has 0 aliphatic carbocycles. The fourth-order valence-corrected chi connectivity index (χ4v) is 2.57. The van der Waals surface area contributed by atoms with Crippen LogP contribution in [0.15, 0.2) is 18.2 Å². The summed E-state index contributed by atoms with van der Waals surface area (Å²) in [5.41, 5.74) is 1.56. The van der Waals surface area contributed by atoms with E-state index in [1.54, 1.807) is 11.0 Å². The van der Waals surface area contributed by atoms with E-state index in [0.717, 1.165) is 17.7 Å². The van der Waals surface area contributed by atoms with E-state index in [4.69, 9.17) is 4.74 Å². The molecule has 2 aliphatic heterocycles. The Balaban J connectivity index is 1.97. The number of nitro groups is 1. The number of benzene rings is 1. The summed E-state index contributed by atoms with van der Waals surface area (Å²) in [5.74, 6) is 0.000924. The molecule has 1 unspecified atom stereocenters. The number of non-ortho nitro benzene ring substituents is 1. The van der Waals surface area contributed by atoms with E-state index in [-0.39, 0.29) is 24.1 Å². The molecular weight excluding hydrogens is 236 g/mol. The zero-order chi connectivity index (χ0) is 12.7. The largest absolute Gasteiger partial charge is 0.379 e. The number of fused-ring (bicyclic) bond motifs is 1. The number of carbonyl (C=O) groups excluding carboxylic acids is 1. The van der Waals surface area contributed by atoms with Gasteiger partial charge in [0.05, 0.1) is 24.0 Å². The molecule has 1 saturated heterocycles. The number of ether oxygens (including phenoxy) is 1. The van der Waals surface area contributed by atoms with Crippen molar-refractivity contribution in [1.29, 1.82) is 0 Å². The van der Waals surface area contributed by atoms with E-state index in [9.17, 15) is 14.9 Å². The molecule has 1 fully saturated rings. The molecule has 1 aromatic carbocycles. The van der Waals surface area contributed by atoms with E-state index in [0.29, 0.717) is 13.2 Å². The minimum absolute atomic E-state index is 0.000924. The highest BCUT2D eigenvalue weighted by Gasteiger charge is 2.35. The summed E-state index contributed by atoms with van der Waals surface area (Å²) in [4.78, 5) is 24.0. The van der Waals surface area contributed by atoms with Gasteiger partial charge in [-0.1, -0.05) is 0 Å². The average molecular weight is 248 g/mol.